The second-order valence-electron chi connectivity index (χ2n) is 5.85. The van der Waals surface area contributed by atoms with Crippen LogP contribution in [0.15, 0.2) is 16.9 Å². The van der Waals surface area contributed by atoms with Crippen molar-refractivity contribution in [2.75, 3.05) is 7.05 Å². The van der Waals surface area contributed by atoms with Gasteiger partial charge < -0.3 is 0 Å². The molecule has 0 radical (unpaired) electrons. The summed E-state index contributed by atoms with van der Waals surface area (Å²) in [4.78, 5) is 15.1. The lowest BCUT2D eigenvalue weighted by Gasteiger charge is -2.14. The molecule has 0 spiro atoms. The molecule has 0 unspecified atom stereocenters. The summed E-state index contributed by atoms with van der Waals surface area (Å²) in [6.07, 6.45) is 3.50. The van der Waals surface area contributed by atoms with Gasteiger partial charge in [0.1, 0.15) is 11.6 Å². The number of aromatic nitrogens is 5. The van der Waals surface area contributed by atoms with Crippen LogP contribution in [0.3, 0.4) is 0 Å². The molecule has 2 aromatic heterocycles. The predicted octanol–water partition coefficient (Wildman–Crippen LogP) is 2.29. The molecule has 0 bridgehead atoms. The molecule has 1 N–H and O–H groups in total. The van der Waals surface area contributed by atoms with Crippen LogP contribution >= 0.6 is 15.9 Å². The fraction of sp³-hybridized carbons (Fsp3) is 0.538. The van der Waals surface area contributed by atoms with Crippen LogP contribution < -0.4 is 0 Å². The van der Waals surface area contributed by atoms with Crippen molar-refractivity contribution in [1.29, 1.82) is 0 Å². The Bertz CT molecular complexity index is 557. The first-order chi connectivity index (χ1) is 9.34. The highest BCUT2D eigenvalue weighted by molar-refractivity contribution is 9.10. The average Bonchev–Trinajstić information content (AvgIpc) is 2.80. The summed E-state index contributed by atoms with van der Waals surface area (Å²) < 4.78 is 0.883. The zero-order chi connectivity index (χ0) is 14.8. The molecule has 2 rings (SSSR count). The maximum Gasteiger partial charge on any atom is 0.156 e. The monoisotopic (exact) mass is 338 g/mol. The lowest BCUT2D eigenvalue weighted by molar-refractivity contribution is 0.302. The van der Waals surface area contributed by atoms with E-state index in [1.807, 2.05) is 7.05 Å². The molecule has 2 aromatic rings. The van der Waals surface area contributed by atoms with Gasteiger partial charge in [0.05, 0.1) is 17.6 Å². The minimum absolute atomic E-state index is 0.0395. The van der Waals surface area contributed by atoms with Crippen molar-refractivity contribution in [2.45, 2.75) is 39.3 Å². The molecule has 0 aliphatic carbocycles. The van der Waals surface area contributed by atoms with Gasteiger partial charge in [-0.1, -0.05) is 20.8 Å². The quantitative estimate of drug-likeness (QED) is 0.925. The van der Waals surface area contributed by atoms with E-state index in [0.29, 0.717) is 13.1 Å². The first kappa shape index (κ1) is 15.1. The molecule has 2 heterocycles. The van der Waals surface area contributed by atoms with E-state index in [4.69, 9.17) is 0 Å². The normalized spacial score (nSPS) is 12.1. The fourth-order valence-electron chi connectivity index (χ4n) is 1.68. The van der Waals surface area contributed by atoms with E-state index in [9.17, 15) is 0 Å². The first-order valence-electron chi connectivity index (χ1n) is 6.41. The van der Waals surface area contributed by atoms with E-state index in [-0.39, 0.29) is 5.41 Å². The molecule has 7 heteroatoms. The molecule has 108 valence electrons. The molecule has 0 saturated heterocycles. The number of hydrogen-bond acceptors (Lipinski definition) is 5. The van der Waals surface area contributed by atoms with Gasteiger partial charge in [0, 0.05) is 17.8 Å². The fourth-order valence-corrected chi connectivity index (χ4v) is 1.88. The predicted molar refractivity (Wildman–Crippen MR) is 80.0 cm³/mol. The molecule has 6 nitrogen and oxygen atoms in total. The maximum atomic E-state index is 4.52. The number of rotatable bonds is 4. The van der Waals surface area contributed by atoms with Gasteiger partial charge in [-0.2, -0.15) is 5.10 Å². The summed E-state index contributed by atoms with van der Waals surface area (Å²) in [6.45, 7) is 7.64. The van der Waals surface area contributed by atoms with Crippen LogP contribution in [-0.4, -0.2) is 37.1 Å². The minimum Gasteiger partial charge on any atom is -0.292 e. The standard InChI is InChI=1S/C13H19BrN6/c1-13(2,3)12-17-11(18-19-12)8-20(4)7-10-15-5-9(14)6-16-10/h5-6H,7-8H2,1-4H3,(H,17,18,19). The second-order valence-corrected chi connectivity index (χ2v) is 6.76. The highest BCUT2D eigenvalue weighted by atomic mass is 79.9. The van der Waals surface area contributed by atoms with Crippen LogP contribution in [0.25, 0.3) is 0 Å². The Hall–Kier alpha value is -1.34. The maximum absolute atomic E-state index is 4.52. The van der Waals surface area contributed by atoms with Gasteiger partial charge in [0.25, 0.3) is 0 Å². The van der Waals surface area contributed by atoms with Crippen LogP contribution in [0.2, 0.25) is 0 Å². The van der Waals surface area contributed by atoms with Gasteiger partial charge in [-0.15, -0.1) is 0 Å². The van der Waals surface area contributed by atoms with Crippen molar-refractivity contribution >= 4 is 15.9 Å². The SMILES string of the molecule is CN(Cc1ncc(Br)cn1)Cc1nc(C(C)(C)C)n[nH]1. The Kier molecular flexibility index (Phi) is 4.49. The third-order valence-corrected chi connectivity index (χ3v) is 3.12. The van der Waals surface area contributed by atoms with Crippen molar-refractivity contribution < 1.29 is 0 Å². The topological polar surface area (TPSA) is 70.6 Å². The minimum atomic E-state index is -0.0395. The summed E-state index contributed by atoms with van der Waals surface area (Å²) >= 11 is 3.32. The van der Waals surface area contributed by atoms with Gasteiger partial charge in [-0.05, 0) is 23.0 Å². The summed E-state index contributed by atoms with van der Waals surface area (Å²) in [6, 6.07) is 0. The lowest BCUT2D eigenvalue weighted by Crippen LogP contribution is -2.20. The van der Waals surface area contributed by atoms with Gasteiger partial charge >= 0.3 is 0 Å². The van der Waals surface area contributed by atoms with Crippen LogP contribution in [0, 0.1) is 0 Å². The molecule has 0 aliphatic heterocycles. The zero-order valence-corrected chi connectivity index (χ0v) is 13.8. The molecule has 0 aromatic carbocycles. The molecule has 0 fully saturated rings. The molecule has 0 aliphatic rings. The lowest BCUT2D eigenvalue weighted by atomic mass is 9.96. The Labute approximate surface area is 127 Å². The highest BCUT2D eigenvalue weighted by Crippen LogP contribution is 2.17. The van der Waals surface area contributed by atoms with E-state index in [1.54, 1.807) is 12.4 Å². The molecular formula is C13H19BrN6. The number of nitrogens with zero attached hydrogens (tertiary/aromatic N) is 5. The van der Waals surface area contributed by atoms with Crippen LogP contribution in [0.4, 0.5) is 0 Å². The summed E-state index contributed by atoms with van der Waals surface area (Å²) in [7, 11) is 2.00. The molecule has 0 amide bonds. The Balaban J connectivity index is 1.96. The molecule has 0 atom stereocenters. The summed E-state index contributed by atoms with van der Waals surface area (Å²) in [5, 5.41) is 7.25. The molecular weight excluding hydrogens is 320 g/mol. The van der Waals surface area contributed by atoms with Gasteiger partial charge in [0.15, 0.2) is 5.82 Å². The molecule has 0 saturated carbocycles. The van der Waals surface area contributed by atoms with Crippen LogP contribution in [-0.2, 0) is 18.5 Å². The average molecular weight is 339 g/mol. The van der Waals surface area contributed by atoms with E-state index in [1.165, 1.54) is 0 Å². The highest BCUT2D eigenvalue weighted by Gasteiger charge is 2.19. The number of aromatic amines is 1. The van der Waals surface area contributed by atoms with Crippen molar-refractivity contribution in [3.05, 3.63) is 34.3 Å². The first-order valence-corrected chi connectivity index (χ1v) is 7.20. The Morgan fingerprint density at radius 2 is 1.85 bits per heavy atom. The van der Waals surface area contributed by atoms with Gasteiger partial charge in [-0.3, -0.25) is 10.00 Å². The number of H-pyrrole nitrogens is 1. The Morgan fingerprint density at radius 1 is 1.20 bits per heavy atom. The van der Waals surface area contributed by atoms with E-state index in [0.717, 1.165) is 21.9 Å². The van der Waals surface area contributed by atoms with Crippen molar-refractivity contribution in [2.24, 2.45) is 0 Å². The summed E-state index contributed by atoms with van der Waals surface area (Å²) in [5.74, 6) is 2.47. The Morgan fingerprint density at radius 3 is 2.40 bits per heavy atom. The van der Waals surface area contributed by atoms with Gasteiger partial charge in [0.2, 0.25) is 0 Å². The number of hydrogen-bond donors (Lipinski definition) is 1. The second kappa shape index (κ2) is 5.97. The van der Waals surface area contributed by atoms with Crippen LogP contribution in [0.5, 0.6) is 0 Å². The van der Waals surface area contributed by atoms with E-state index < -0.39 is 0 Å². The van der Waals surface area contributed by atoms with E-state index in [2.05, 4.69) is 66.8 Å². The van der Waals surface area contributed by atoms with Gasteiger partial charge in [-0.25, -0.2) is 15.0 Å². The smallest absolute Gasteiger partial charge is 0.156 e. The van der Waals surface area contributed by atoms with Crippen molar-refractivity contribution in [3.8, 4) is 0 Å². The van der Waals surface area contributed by atoms with E-state index >= 15 is 0 Å². The molecule has 20 heavy (non-hydrogen) atoms. The van der Waals surface area contributed by atoms with Crippen molar-refractivity contribution in [1.82, 2.24) is 30.0 Å². The largest absolute Gasteiger partial charge is 0.292 e. The number of nitrogens with one attached hydrogen (secondary N) is 1. The zero-order valence-electron chi connectivity index (χ0n) is 12.2. The number of halogens is 1. The third-order valence-electron chi connectivity index (χ3n) is 2.71. The van der Waals surface area contributed by atoms with Crippen molar-refractivity contribution in [3.63, 3.8) is 0 Å². The van der Waals surface area contributed by atoms with Crippen LogP contribution in [0.1, 0.15) is 38.2 Å². The summed E-state index contributed by atoms with van der Waals surface area (Å²) in [5.41, 5.74) is -0.0395. The third kappa shape index (κ3) is 4.08.